The van der Waals surface area contributed by atoms with E-state index in [4.69, 9.17) is 9.47 Å². The highest BCUT2D eigenvalue weighted by molar-refractivity contribution is 5.85. The Bertz CT molecular complexity index is 495. The van der Waals surface area contributed by atoms with Crippen LogP contribution in [0.5, 0.6) is 5.75 Å². The summed E-state index contributed by atoms with van der Waals surface area (Å²) in [7, 11) is 0. The molecule has 22 heavy (non-hydrogen) atoms. The van der Waals surface area contributed by atoms with Crippen LogP contribution in [0.25, 0.3) is 0 Å². The van der Waals surface area contributed by atoms with E-state index < -0.39 is 0 Å². The van der Waals surface area contributed by atoms with Gasteiger partial charge in [0.25, 0.3) is 5.91 Å². The first-order chi connectivity index (χ1) is 10.6. The first-order valence-electron chi connectivity index (χ1n) is 7.48. The van der Waals surface area contributed by atoms with E-state index in [-0.39, 0.29) is 31.1 Å². The molecule has 1 atom stereocenters. The average Bonchev–Trinajstić information content (AvgIpc) is 3.04. The number of rotatable bonds is 7. The van der Waals surface area contributed by atoms with Crippen molar-refractivity contribution in [3.05, 3.63) is 29.8 Å². The molecule has 1 aromatic carbocycles. The van der Waals surface area contributed by atoms with Gasteiger partial charge in [-0.05, 0) is 31.9 Å². The Balaban J connectivity index is 1.58. The van der Waals surface area contributed by atoms with E-state index in [1.54, 1.807) is 12.1 Å². The second-order valence-corrected chi connectivity index (χ2v) is 5.32. The fraction of sp³-hybridized carbons (Fsp3) is 0.500. The van der Waals surface area contributed by atoms with Crippen LogP contribution in [0, 0.1) is 6.92 Å². The quantitative estimate of drug-likeness (QED) is 0.781. The zero-order chi connectivity index (χ0) is 15.8. The van der Waals surface area contributed by atoms with Crippen LogP contribution in [0.3, 0.4) is 0 Å². The van der Waals surface area contributed by atoms with Gasteiger partial charge in [0.05, 0.1) is 12.6 Å². The van der Waals surface area contributed by atoms with Gasteiger partial charge >= 0.3 is 0 Å². The van der Waals surface area contributed by atoms with Crippen LogP contribution in [0.2, 0.25) is 0 Å². The second kappa shape index (κ2) is 8.38. The molecule has 1 unspecified atom stereocenters. The molecule has 6 heteroatoms. The molecule has 0 saturated carbocycles. The molecule has 120 valence electrons. The minimum Gasteiger partial charge on any atom is -0.484 e. The number of carbonyl (C=O) groups is 2. The average molecular weight is 306 g/mol. The number of ether oxygens (including phenoxy) is 2. The maximum atomic E-state index is 11.6. The van der Waals surface area contributed by atoms with Gasteiger partial charge in [-0.1, -0.05) is 17.7 Å². The molecular formula is C16H22N2O4. The molecule has 0 spiro atoms. The monoisotopic (exact) mass is 306 g/mol. The van der Waals surface area contributed by atoms with Crippen molar-refractivity contribution in [2.45, 2.75) is 25.9 Å². The summed E-state index contributed by atoms with van der Waals surface area (Å²) in [6.45, 7) is 3.07. The first kappa shape index (κ1) is 16.3. The van der Waals surface area contributed by atoms with Crippen LogP contribution in [0.15, 0.2) is 24.3 Å². The first-order valence-corrected chi connectivity index (χ1v) is 7.48. The predicted octanol–water partition coefficient (Wildman–Crippen LogP) is 0.785. The van der Waals surface area contributed by atoms with Crippen molar-refractivity contribution in [1.82, 2.24) is 10.6 Å². The fourth-order valence-corrected chi connectivity index (χ4v) is 2.11. The van der Waals surface area contributed by atoms with E-state index in [9.17, 15) is 9.59 Å². The number of amides is 2. The zero-order valence-electron chi connectivity index (χ0n) is 12.8. The van der Waals surface area contributed by atoms with E-state index >= 15 is 0 Å². The van der Waals surface area contributed by atoms with Crippen molar-refractivity contribution in [2.75, 3.05) is 26.3 Å². The molecule has 0 aliphatic carbocycles. The molecule has 1 heterocycles. The van der Waals surface area contributed by atoms with Crippen LogP contribution >= 0.6 is 0 Å². The van der Waals surface area contributed by atoms with Gasteiger partial charge < -0.3 is 20.1 Å². The van der Waals surface area contributed by atoms with Crippen molar-refractivity contribution in [1.29, 1.82) is 0 Å². The summed E-state index contributed by atoms with van der Waals surface area (Å²) >= 11 is 0. The Hall–Kier alpha value is -2.08. The molecule has 1 aliphatic rings. The molecule has 2 rings (SSSR count). The van der Waals surface area contributed by atoms with Crippen LogP contribution in [-0.2, 0) is 14.3 Å². The summed E-state index contributed by atoms with van der Waals surface area (Å²) in [6.07, 6.45) is 2.11. The van der Waals surface area contributed by atoms with Gasteiger partial charge in [0.1, 0.15) is 5.75 Å². The Morgan fingerprint density at radius 2 is 2.00 bits per heavy atom. The molecular weight excluding hydrogens is 284 g/mol. The number of aryl methyl sites for hydroxylation is 1. The van der Waals surface area contributed by atoms with Gasteiger partial charge in [-0.25, -0.2) is 0 Å². The van der Waals surface area contributed by atoms with Crippen molar-refractivity contribution in [2.24, 2.45) is 0 Å². The fourth-order valence-electron chi connectivity index (χ4n) is 2.11. The van der Waals surface area contributed by atoms with Gasteiger partial charge in [-0.2, -0.15) is 0 Å². The van der Waals surface area contributed by atoms with E-state index in [0.717, 1.165) is 25.0 Å². The molecule has 0 radical (unpaired) electrons. The smallest absolute Gasteiger partial charge is 0.258 e. The molecule has 2 amide bonds. The van der Waals surface area contributed by atoms with E-state index in [2.05, 4.69) is 10.6 Å². The molecule has 0 aromatic heterocycles. The van der Waals surface area contributed by atoms with Crippen molar-refractivity contribution >= 4 is 11.8 Å². The third-order valence-electron chi connectivity index (χ3n) is 3.39. The van der Waals surface area contributed by atoms with Crippen LogP contribution < -0.4 is 15.4 Å². The molecule has 1 aromatic rings. The Morgan fingerprint density at radius 3 is 2.68 bits per heavy atom. The van der Waals surface area contributed by atoms with Crippen molar-refractivity contribution < 1.29 is 19.1 Å². The standard InChI is InChI=1S/C16H22N2O4/c1-12-4-6-13(7-5-12)22-11-16(20)18-10-15(19)17-9-14-3-2-8-21-14/h4-7,14H,2-3,8-11H2,1H3,(H,17,19)(H,18,20). The van der Waals surface area contributed by atoms with E-state index in [1.165, 1.54) is 0 Å². The Kier molecular flexibility index (Phi) is 6.21. The van der Waals surface area contributed by atoms with E-state index in [1.807, 2.05) is 19.1 Å². The van der Waals surface area contributed by atoms with Crippen molar-refractivity contribution in [3.8, 4) is 5.75 Å². The lowest BCUT2D eigenvalue weighted by Gasteiger charge is -2.11. The minimum absolute atomic E-state index is 0.0528. The molecule has 6 nitrogen and oxygen atoms in total. The highest BCUT2D eigenvalue weighted by Crippen LogP contribution is 2.11. The second-order valence-electron chi connectivity index (χ2n) is 5.32. The van der Waals surface area contributed by atoms with Crippen LogP contribution in [0.4, 0.5) is 0 Å². The van der Waals surface area contributed by atoms with Crippen LogP contribution in [-0.4, -0.2) is 44.2 Å². The lowest BCUT2D eigenvalue weighted by atomic mass is 10.2. The summed E-state index contributed by atoms with van der Waals surface area (Å²) in [5.41, 5.74) is 1.12. The highest BCUT2D eigenvalue weighted by Gasteiger charge is 2.16. The molecule has 2 N–H and O–H groups in total. The van der Waals surface area contributed by atoms with Gasteiger partial charge in [0.15, 0.2) is 6.61 Å². The molecule has 0 bridgehead atoms. The lowest BCUT2D eigenvalue weighted by Crippen LogP contribution is -2.41. The van der Waals surface area contributed by atoms with Gasteiger partial charge in [0.2, 0.25) is 5.91 Å². The Morgan fingerprint density at radius 1 is 1.23 bits per heavy atom. The van der Waals surface area contributed by atoms with Gasteiger partial charge in [-0.15, -0.1) is 0 Å². The third-order valence-corrected chi connectivity index (χ3v) is 3.39. The number of nitrogens with one attached hydrogen (secondary N) is 2. The maximum Gasteiger partial charge on any atom is 0.258 e. The summed E-state index contributed by atoms with van der Waals surface area (Å²) < 4.78 is 10.7. The summed E-state index contributed by atoms with van der Waals surface area (Å²) in [4.78, 5) is 23.2. The summed E-state index contributed by atoms with van der Waals surface area (Å²) in [6, 6.07) is 7.42. The maximum absolute atomic E-state index is 11.6. The van der Waals surface area contributed by atoms with Gasteiger partial charge in [0, 0.05) is 13.2 Å². The SMILES string of the molecule is Cc1ccc(OCC(=O)NCC(=O)NCC2CCCO2)cc1. The number of hydrogen-bond acceptors (Lipinski definition) is 4. The molecule has 1 aliphatic heterocycles. The number of carbonyl (C=O) groups excluding carboxylic acids is 2. The largest absolute Gasteiger partial charge is 0.484 e. The third kappa shape index (κ3) is 5.73. The summed E-state index contributed by atoms with van der Waals surface area (Å²) in [5, 5.41) is 5.26. The predicted molar refractivity (Wildman–Crippen MR) is 81.7 cm³/mol. The van der Waals surface area contributed by atoms with Gasteiger partial charge in [-0.3, -0.25) is 9.59 Å². The van der Waals surface area contributed by atoms with Crippen molar-refractivity contribution in [3.63, 3.8) is 0 Å². The highest BCUT2D eigenvalue weighted by atomic mass is 16.5. The number of hydrogen-bond donors (Lipinski definition) is 2. The Labute approximate surface area is 130 Å². The van der Waals surface area contributed by atoms with E-state index in [0.29, 0.717) is 12.3 Å². The summed E-state index contributed by atoms with van der Waals surface area (Å²) in [5.74, 6) is 0.0793. The van der Waals surface area contributed by atoms with Crippen LogP contribution in [0.1, 0.15) is 18.4 Å². The topological polar surface area (TPSA) is 76.7 Å². The number of benzene rings is 1. The minimum atomic E-state index is -0.326. The lowest BCUT2D eigenvalue weighted by molar-refractivity contribution is -0.127. The molecule has 1 fully saturated rings. The zero-order valence-corrected chi connectivity index (χ0v) is 12.8. The molecule has 1 saturated heterocycles. The normalized spacial score (nSPS) is 17.0.